The van der Waals surface area contributed by atoms with Gasteiger partial charge in [0.15, 0.2) is 0 Å². The number of amides is 1. The maximum absolute atomic E-state index is 12.7. The van der Waals surface area contributed by atoms with Crippen LogP contribution in [0.25, 0.3) is 0 Å². The molecule has 1 saturated heterocycles. The molecule has 0 aliphatic carbocycles. The summed E-state index contributed by atoms with van der Waals surface area (Å²) in [5.41, 5.74) is 1.99. The second-order valence-electron chi connectivity index (χ2n) is 6.43. The number of carbonyl (C=O) groups excluding carboxylic acids is 1. The zero-order valence-electron chi connectivity index (χ0n) is 14.4. The highest BCUT2D eigenvalue weighted by Gasteiger charge is 2.20. The molecule has 26 heavy (non-hydrogen) atoms. The van der Waals surface area contributed by atoms with E-state index in [9.17, 15) is 9.59 Å². The number of carboxylic acids is 1. The first-order valence-electron chi connectivity index (χ1n) is 8.62. The summed E-state index contributed by atoms with van der Waals surface area (Å²) in [6, 6.07) is 14.0. The Morgan fingerprint density at radius 1 is 0.962 bits per heavy atom. The molecule has 6 heteroatoms. The first kappa shape index (κ1) is 18.4. The number of hydrogen-bond donors (Lipinski definition) is 1. The Labute approximate surface area is 157 Å². The second kappa shape index (κ2) is 8.34. The lowest BCUT2D eigenvalue weighted by Crippen LogP contribution is -2.35. The fraction of sp³-hybridized carbons (Fsp3) is 0.300. The van der Waals surface area contributed by atoms with E-state index in [0.717, 1.165) is 38.2 Å². The number of rotatable bonds is 4. The van der Waals surface area contributed by atoms with Gasteiger partial charge in [0.2, 0.25) is 0 Å². The molecule has 1 N–H and O–H groups in total. The fourth-order valence-electron chi connectivity index (χ4n) is 3.15. The Hall–Kier alpha value is -2.37. The van der Waals surface area contributed by atoms with Crippen LogP contribution in [0.1, 0.15) is 32.7 Å². The van der Waals surface area contributed by atoms with Gasteiger partial charge >= 0.3 is 5.97 Å². The standard InChI is InChI=1S/C20H21ClN2O3/c21-18-4-1-3-17(13-18)19(24)23-10-2-9-22(11-12-23)14-15-5-7-16(8-6-15)20(25)26/h1,3-8,13H,2,9-12,14H2,(H,25,26). The number of nitrogens with zero attached hydrogens (tertiary/aromatic N) is 2. The maximum Gasteiger partial charge on any atom is 0.335 e. The van der Waals surface area contributed by atoms with Gasteiger partial charge in [-0.05, 0) is 42.3 Å². The van der Waals surface area contributed by atoms with Gasteiger partial charge in [0.1, 0.15) is 0 Å². The number of hydrogen-bond acceptors (Lipinski definition) is 3. The van der Waals surface area contributed by atoms with E-state index in [0.29, 0.717) is 22.7 Å². The number of aromatic carboxylic acids is 1. The Bertz CT molecular complexity index is 792. The van der Waals surface area contributed by atoms with Crippen LogP contribution in [0.4, 0.5) is 0 Å². The SMILES string of the molecule is O=C(O)c1ccc(CN2CCCN(C(=O)c3cccc(Cl)c3)CC2)cc1. The first-order valence-corrected chi connectivity index (χ1v) is 9.00. The van der Waals surface area contributed by atoms with E-state index in [1.807, 2.05) is 17.0 Å². The molecule has 2 aromatic rings. The molecule has 0 radical (unpaired) electrons. The third-order valence-corrected chi connectivity index (χ3v) is 4.79. The summed E-state index contributed by atoms with van der Waals surface area (Å²) in [4.78, 5) is 27.8. The smallest absolute Gasteiger partial charge is 0.335 e. The molecule has 1 aliphatic heterocycles. The zero-order valence-corrected chi connectivity index (χ0v) is 15.2. The highest BCUT2D eigenvalue weighted by atomic mass is 35.5. The van der Waals surface area contributed by atoms with E-state index in [1.165, 1.54) is 0 Å². The number of benzene rings is 2. The van der Waals surface area contributed by atoms with E-state index < -0.39 is 5.97 Å². The van der Waals surface area contributed by atoms with Crippen molar-refractivity contribution in [3.8, 4) is 0 Å². The summed E-state index contributed by atoms with van der Waals surface area (Å²) in [5, 5.41) is 9.54. The van der Waals surface area contributed by atoms with Crippen molar-refractivity contribution < 1.29 is 14.7 Å². The van der Waals surface area contributed by atoms with Gasteiger partial charge in [0, 0.05) is 43.3 Å². The second-order valence-corrected chi connectivity index (χ2v) is 6.87. The van der Waals surface area contributed by atoms with Gasteiger partial charge in [-0.2, -0.15) is 0 Å². The van der Waals surface area contributed by atoms with Crippen molar-refractivity contribution in [1.82, 2.24) is 9.80 Å². The van der Waals surface area contributed by atoms with E-state index in [1.54, 1.807) is 36.4 Å². The normalized spacial score (nSPS) is 15.5. The minimum absolute atomic E-state index is 0.0140. The molecule has 1 aliphatic rings. The van der Waals surface area contributed by atoms with Crippen molar-refractivity contribution in [3.05, 3.63) is 70.2 Å². The maximum atomic E-state index is 12.7. The molecule has 2 aromatic carbocycles. The molecule has 0 unspecified atom stereocenters. The van der Waals surface area contributed by atoms with Crippen LogP contribution in [0.15, 0.2) is 48.5 Å². The minimum Gasteiger partial charge on any atom is -0.478 e. The number of halogens is 1. The van der Waals surface area contributed by atoms with Crippen LogP contribution in [0.3, 0.4) is 0 Å². The topological polar surface area (TPSA) is 60.9 Å². The predicted molar refractivity (Wildman–Crippen MR) is 101 cm³/mol. The average molecular weight is 373 g/mol. The molecule has 0 spiro atoms. The van der Waals surface area contributed by atoms with E-state index in [4.69, 9.17) is 16.7 Å². The van der Waals surface area contributed by atoms with Gasteiger partial charge in [-0.15, -0.1) is 0 Å². The van der Waals surface area contributed by atoms with Crippen LogP contribution in [-0.4, -0.2) is 53.0 Å². The summed E-state index contributed by atoms with van der Waals surface area (Å²) < 4.78 is 0. The quantitative estimate of drug-likeness (QED) is 0.893. The average Bonchev–Trinajstić information content (AvgIpc) is 2.87. The molecule has 136 valence electrons. The lowest BCUT2D eigenvalue weighted by Gasteiger charge is -2.22. The summed E-state index contributed by atoms with van der Waals surface area (Å²) >= 11 is 5.99. The summed E-state index contributed by atoms with van der Waals surface area (Å²) in [7, 11) is 0. The van der Waals surface area contributed by atoms with Crippen LogP contribution in [0.5, 0.6) is 0 Å². The highest BCUT2D eigenvalue weighted by Crippen LogP contribution is 2.15. The van der Waals surface area contributed by atoms with Crippen LogP contribution in [0, 0.1) is 0 Å². The lowest BCUT2D eigenvalue weighted by molar-refractivity contribution is 0.0695. The third kappa shape index (κ3) is 4.62. The molecular formula is C20H21ClN2O3. The molecule has 0 aromatic heterocycles. The van der Waals surface area contributed by atoms with Crippen molar-refractivity contribution in [1.29, 1.82) is 0 Å². The molecule has 0 bridgehead atoms. The number of carbonyl (C=O) groups is 2. The van der Waals surface area contributed by atoms with Crippen LogP contribution >= 0.6 is 11.6 Å². The Morgan fingerprint density at radius 2 is 1.73 bits per heavy atom. The Balaban J connectivity index is 1.59. The summed E-state index contributed by atoms with van der Waals surface area (Å²) in [5.74, 6) is -0.901. The molecule has 1 amide bonds. The van der Waals surface area contributed by atoms with Crippen molar-refractivity contribution in [2.75, 3.05) is 26.2 Å². The van der Waals surface area contributed by atoms with Gasteiger partial charge in [-0.3, -0.25) is 9.69 Å². The largest absolute Gasteiger partial charge is 0.478 e. The molecule has 1 fully saturated rings. The minimum atomic E-state index is -0.915. The van der Waals surface area contributed by atoms with Crippen LogP contribution in [-0.2, 0) is 6.54 Å². The molecular weight excluding hydrogens is 352 g/mol. The lowest BCUT2D eigenvalue weighted by atomic mass is 10.1. The molecule has 0 atom stereocenters. The van der Waals surface area contributed by atoms with Gasteiger partial charge in [-0.1, -0.05) is 29.8 Å². The van der Waals surface area contributed by atoms with Crippen LogP contribution in [0.2, 0.25) is 5.02 Å². The molecule has 1 heterocycles. The Kier molecular flexibility index (Phi) is 5.91. The molecule has 3 rings (SSSR count). The number of carboxylic acid groups (broad SMARTS) is 1. The highest BCUT2D eigenvalue weighted by molar-refractivity contribution is 6.30. The fourth-order valence-corrected chi connectivity index (χ4v) is 3.34. The van der Waals surface area contributed by atoms with E-state index in [2.05, 4.69) is 4.90 Å². The van der Waals surface area contributed by atoms with Crippen molar-refractivity contribution in [3.63, 3.8) is 0 Å². The molecule has 5 nitrogen and oxygen atoms in total. The van der Waals surface area contributed by atoms with Gasteiger partial charge in [-0.25, -0.2) is 4.79 Å². The van der Waals surface area contributed by atoms with Gasteiger partial charge in [0.25, 0.3) is 5.91 Å². The van der Waals surface area contributed by atoms with Crippen molar-refractivity contribution in [2.45, 2.75) is 13.0 Å². The summed E-state index contributed by atoms with van der Waals surface area (Å²) in [6.07, 6.45) is 0.902. The van der Waals surface area contributed by atoms with Crippen molar-refractivity contribution in [2.24, 2.45) is 0 Å². The zero-order chi connectivity index (χ0) is 18.5. The van der Waals surface area contributed by atoms with Gasteiger partial charge in [0.05, 0.1) is 5.56 Å². The monoisotopic (exact) mass is 372 g/mol. The summed E-state index contributed by atoms with van der Waals surface area (Å²) in [6.45, 7) is 3.82. The van der Waals surface area contributed by atoms with Gasteiger partial charge < -0.3 is 10.0 Å². The Morgan fingerprint density at radius 3 is 2.42 bits per heavy atom. The predicted octanol–water partition coefficient (Wildman–Crippen LogP) is 3.39. The third-order valence-electron chi connectivity index (χ3n) is 4.55. The van der Waals surface area contributed by atoms with Crippen LogP contribution < -0.4 is 0 Å². The van der Waals surface area contributed by atoms with E-state index in [-0.39, 0.29) is 5.91 Å². The van der Waals surface area contributed by atoms with E-state index >= 15 is 0 Å². The van der Waals surface area contributed by atoms with Crippen molar-refractivity contribution >= 4 is 23.5 Å². The first-order chi connectivity index (χ1) is 12.5. The molecule has 0 saturated carbocycles.